The number of rotatable bonds is 6. The first kappa shape index (κ1) is 25.7. The van der Waals surface area contributed by atoms with Crippen LogP contribution < -0.4 is 10.6 Å². The molecule has 1 saturated heterocycles. The number of nitrogens with one attached hydrogen (secondary N) is 2. The second-order valence-electron chi connectivity index (χ2n) is 9.47. The van der Waals surface area contributed by atoms with Crippen LogP contribution in [0.2, 0.25) is 0 Å². The standard InChI is InChI=1S/C23H27F4N5O4/c1-22(2,3)35-21(33)28-10-19-30-20(31-36-19)18-9-13-15(29-16-7-8-34-11-14(16)24)5-4-6-17(13)32(18)12-23(25,26)27/h4-6,9,14,16,29H,7-8,10-12H2,1-3H3,(H,28,33)/t14-,16+/m1/s1. The molecule has 0 aliphatic carbocycles. The summed E-state index contributed by atoms with van der Waals surface area (Å²) >= 11 is 0. The van der Waals surface area contributed by atoms with Gasteiger partial charge in [-0.05, 0) is 45.4 Å². The van der Waals surface area contributed by atoms with E-state index in [0.29, 0.717) is 24.1 Å². The minimum Gasteiger partial charge on any atom is -0.444 e. The molecular formula is C23H27F4N5O4. The van der Waals surface area contributed by atoms with E-state index in [1.54, 1.807) is 32.9 Å². The lowest BCUT2D eigenvalue weighted by Crippen LogP contribution is -2.39. The largest absolute Gasteiger partial charge is 0.444 e. The number of benzene rings is 1. The van der Waals surface area contributed by atoms with E-state index in [4.69, 9.17) is 14.0 Å². The average molecular weight is 513 g/mol. The average Bonchev–Trinajstić information content (AvgIpc) is 3.37. The predicted molar refractivity (Wildman–Crippen MR) is 122 cm³/mol. The van der Waals surface area contributed by atoms with Gasteiger partial charge in [-0.15, -0.1) is 0 Å². The molecule has 0 radical (unpaired) electrons. The number of aromatic nitrogens is 3. The van der Waals surface area contributed by atoms with Crippen LogP contribution >= 0.6 is 0 Å². The third-order valence-electron chi connectivity index (χ3n) is 5.39. The van der Waals surface area contributed by atoms with Crippen molar-refractivity contribution in [2.24, 2.45) is 0 Å². The molecule has 1 aromatic carbocycles. The molecule has 0 spiro atoms. The lowest BCUT2D eigenvalue weighted by atomic mass is 10.1. The van der Waals surface area contributed by atoms with Crippen molar-refractivity contribution in [1.29, 1.82) is 0 Å². The van der Waals surface area contributed by atoms with Gasteiger partial charge in [0.1, 0.15) is 24.9 Å². The maximum atomic E-state index is 14.3. The molecule has 0 saturated carbocycles. The summed E-state index contributed by atoms with van der Waals surface area (Å²) in [5.41, 5.74) is 0.112. The fourth-order valence-electron chi connectivity index (χ4n) is 3.90. The summed E-state index contributed by atoms with van der Waals surface area (Å²) in [6.07, 6.45) is -6.06. The first-order chi connectivity index (χ1) is 16.9. The molecule has 0 unspecified atom stereocenters. The fourth-order valence-corrected chi connectivity index (χ4v) is 3.90. The van der Waals surface area contributed by atoms with E-state index in [-0.39, 0.29) is 36.1 Å². The number of ether oxygens (including phenoxy) is 2. The van der Waals surface area contributed by atoms with Crippen LogP contribution in [0, 0.1) is 0 Å². The molecule has 36 heavy (non-hydrogen) atoms. The highest BCUT2D eigenvalue weighted by atomic mass is 19.4. The van der Waals surface area contributed by atoms with Crippen molar-refractivity contribution in [1.82, 2.24) is 20.0 Å². The fraction of sp³-hybridized carbons (Fsp3) is 0.522. The molecule has 2 atom stereocenters. The van der Waals surface area contributed by atoms with Crippen LogP contribution in [0.3, 0.4) is 0 Å². The molecule has 196 valence electrons. The van der Waals surface area contributed by atoms with Gasteiger partial charge in [-0.1, -0.05) is 11.2 Å². The van der Waals surface area contributed by atoms with Crippen molar-refractivity contribution >= 4 is 22.7 Å². The third kappa shape index (κ3) is 6.25. The summed E-state index contributed by atoms with van der Waals surface area (Å²) in [5.74, 6) is -0.0997. The van der Waals surface area contributed by atoms with Gasteiger partial charge in [-0.25, -0.2) is 9.18 Å². The van der Waals surface area contributed by atoms with Gasteiger partial charge < -0.3 is 29.2 Å². The molecule has 2 N–H and O–H groups in total. The lowest BCUT2D eigenvalue weighted by Gasteiger charge is -2.28. The Kier molecular flexibility index (Phi) is 7.12. The number of fused-ring (bicyclic) bond motifs is 1. The number of halogens is 4. The number of carbonyl (C=O) groups excluding carboxylic acids is 1. The highest BCUT2D eigenvalue weighted by Gasteiger charge is 2.32. The summed E-state index contributed by atoms with van der Waals surface area (Å²) in [4.78, 5) is 16.0. The Morgan fingerprint density at radius 3 is 2.75 bits per heavy atom. The number of anilines is 1. The molecule has 1 aliphatic rings. The van der Waals surface area contributed by atoms with Crippen molar-refractivity contribution in [2.75, 3.05) is 18.5 Å². The Bertz CT molecular complexity index is 1220. The zero-order chi connectivity index (χ0) is 26.1. The van der Waals surface area contributed by atoms with Crippen LogP contribution in [0.4, 0.5) is 28.0 Å². The van der Waals surface area contributed by atoms with Crippen molar-refractivity contribution in [2.45, 2.75) is 64.3 Å². The molecule has 2 aromatic heterocycles. The minimum absolute atomic E-state index is 0.0134. The van der Waals surface area contributed by atoms with Crippen LogP contribution in [0.1, 0.15) is 33.1 Å². The van der Waals surface area contributed by atoms with Crippen LogP contribution in [0.15, 0.2) is 28.8 Å². The van der Waals surface area contributed by atoms with E-state index in [1.165, 1.54) is 12.1 Å². The van der Waals surface area contributed by atoms with Gasteiger partial charge in [-0.3, -0.25) is 0 Å². The highest BCUT2D eigenvalue weighted by Crippen LogP contribution is 2.35. The van der Waals surface area contributed by atoms with Crippen molar-refractivity contribution in [3.8, 4) is 11.5 Å². The van der Waals surface area contributed by atoms with Crippen molar-refractivity contribution in [3.05, 3.63) is 30.2 Å². The summed E-state index contributed by atoms with van der Waals surface area (Å²) in [6, 6.07) is 5.79. The molecule has 3 aromatic rings. The second-order valence-corrected chi connectivity index (χ2v) is 9.47. The molecule has 1 aliphatic heterocycles. The number of amides is 1. The maximum Gasteiger partial charge on any atom is 0.408 e. The molecule has 1 fully saturated rings. The van der Waals surface area contributed by atoms with Crippen molar-refractivity contribution < 1.29 is 36.4 Å². The number of alkyl halides is 4. The topological polar surface area (TPSA) is 103 Å². The van der Waals surface area contributed by atoms with Gasteiger partial charge in [0.2, 0.25) is 11.7 Å². The molecule has 13 heteroatoms. The van der Waals surface area contributed by atoms with Crippen LogP contribution in [-0.2, 0) is 22.6 Å². The summed E-state index contributed by atoms with van der Waals surface area (Å²) in [5, 5.41) is 9.84. The Hall–Kier alpha value is -3.35. The predicted octanol–water partition coefficient (Wildman–Crippen LogP) is 4.82. The number of alkyl carbamates (subject to hydrolysis) is 1. The van der Waals surface area contributed by atoms with Crippen LogP contribution in [0.25, 0.3) is 22.4 Å². The minimum atomic E-state index is -4.53. The molecule has 9 nitrogen and oxygen atoms in total. The Labute approximate surface area is 204 Å². The summed E-state index contributed by atoms with van der Waals surface area (Å²) in [6.45, 7) is 3.99. The van der Waals surface area contributed by atoms with Gasteiger partial charge in [0.15, 0.2) is 0 Å². The van der Waals surface area contributed by atoms with Gasteiger partial charge in [0.05, 0.1) is 23.9 Å². The molecule has 4 rings (SSSR count). The van der Waals surface area contributed by atoms with E-state index in [0.717, 1.165) is 4.57 Å². The van der Waals surface area contributed by atoms with Crippen molar-refractivity contribution in [3.63, 3.8) is 0 Å². The monoisotopic (exact) mass is 513 g/mol. The number of hydrogen-bond donors (Lipinski definition) is 2. The first-order valence-electron chi connectivity index (χ1n) is 11.4. The quantitative estimate of drug-likeness (QED) is 0.456. The Morgan fingerprint density at radius 1 is 1.28 bits per heavy atom. The SMILES string of the molecule is CC(C)(C)OC(=O)NCc1nc(-c2cc3c(N[C@H]4CCOC[C@H]4F)cccc3n2CC(F)(F)F)no1. The van der Waals surface area contributed by atoms with E-state index < -0.39 is 36.6 Å². The van der Waals surface area contributed by atoms with Crippen LogP contribution in [0.5, 0.6) is 0 Å². The van der Waals surface area contributed by atoms with E-state index in [1.807, 2.05) is 0 Å². The van der Waals surface area contributed by atoms with E-state index >= 15 is 0 Å². The number of hydrogen-bond acceptors (Lipinski definition) is 7. The highest BCUT2D eigenvalue weighted by molar-refractivity contribution is 5.96. The number of nitrogens with zero attached hydrogens (tertiary/aromatic N) is 3. The lowest BCUT2D eigenvalue weighted by molar-refractivity contribution is -0.139. The Morgan fingerprint density at radius 2 is 2.06 bits per heavy atom. The molecular weight excluding hydrogens is 486 g/mol. The second kappa shape index (κ2) is 9.96. The smallest absolute Gasteiger partial charge is 0.408 e. The van der Waals surface area contributed by atoms with Gasteiger partial charge in [0.25, 0.3) is 0 Å². The zero-order valence-corrected chi connectivity index (χ0v) is 20.0. The Balaban J connectivity index is 1.64. The molecule has 0 bridgehead atoms. The summed E-state index contributed by atoms with van der Waals surface area (Å²) in [7, 11) is 0. The van der Waals surface area contributed by atoms with Gasteiger partial charge in [-0.2, -0.15) is 18.2 Å². The van der Waals surface area contributed by atoms with E-state index in [9.17, 15) is 22.4 Å². The van der Waals surface area contributed by atoms with E-state index in [2.05, 4.69) is 20.8 Å². The number of carbonyl (C=O) groups is 1. The first-order valence-corrected chi connectivity index (χ1v) is 11.4. The molecule has 3 heterocycles. The van der Waals surface area contributed by atoms with Gasteiger partial charge in [0, 0.05) is 17.7 Å². The summed E-state index contributed by atoms with van der Waals surface area (Å²) < 4.78 is 71.2. The van der Waals surface area contributed by atoms with Crippen LogP contribution in [-0.4, -0.2) is 58.0 Å². The normalized spacial score (nSPS) is 18.9. The van der Waals surface area contributed by atoms with Gasteiger partial charge >= 0.3 is 12.3 Å². The third-order valence-corrected chi connectivity index (χ3v) is 5.39. The zero-order valence-electron chi connectivity index (χ0n) is 20.0. The maximum absolute atomic E-state index is 14.3. The molecule has 1 amide bonds.